The number of ether oxygens (including phenoxy) is 1. The third-order valence-corrected chi connectivity index (χ3v) is 4.60. The molecule has 0 aliphatic rings. The van der Waals surface area contributed by atoms with Gasteiger partial charge in [-0.2, -0.15) is 5.10 Å². The molecule has 4 nitrogen and oxygen atoms in total. The Hall–Kier alpha value is -3.14. The van der Waals surface area contributed by atoms with E-state index in [1.807, 2.05) is 60.7 Å². The van der Waals surface area contributed by atoms with Gasteiger partial charge in [0, 0.05) is 0 Å². The van der Waals surface area contributed by atoms with Gasteiger partial charge in [-0.25, -0.2) is 5.43 Å². The predicted molar refractivity (Wildman–Crippen MR) is 110 cm³/mol. The standard InChI is InChI=1S/C23H24N2O2/c1-3-17(2)21-10-6-7-11-22(21)27-16-23(26)25-24-15-18-12-13-19-8-4-5-9-20(19)14-18/h4-15,17H,3,16H2,1-2H3,(H,25,26). The maximum Gasteiger partial charge on any atom is 0.277 e. The molecule has 0 saturated carbocycles. The lowest BCUT2D eigenvalue weighted by Gasteiger charge is -2.15. The Morgan fingerprint density at radius 1 is 1.07 bits per heavy atom. The molecule has 0 heterocycles. The van der Waals surface area contributed by atoms with Crippen LogP contribution in [0, 0.1) is 0 Å². The average molecular weight is 360 g/mol. The van der Waals surface area contributed by atoms with E-state index in [9.17, 15) is 4.79 Å². The largest absolute Gasteiger partial charge is 0.483 e. The van der Waals surface area contributed by atoms with Crippen LogP contribution in [0.25, 0.3) is 10.8 Å². The van der Waals surface area contributed by atoms with E-state index in [1.165, 1.54) is 5.39 Å². The molecule has 3 aromatic carbocycles. The fourth-order valence-corrected chi connectivity index (χ4v) is 2.88. The lowest BCUT2D eigenvalue weighted by Crippen LogP contribution is -2.24. The first-order valence-corrected chi connectivity index (χ1v) is 9.20. The Kier molecular flexibility index (Phi) is 6.21. The van der Waals surface area contributed by atoms with Crippen molar-refractivity contribution in [3.8, 4) is 5.75 Å². The number of carbonyl (C=O) groups excluding carboxylic acids is 1. The number of rotatable bonds is 7. The van der Waals surface area contributed by atoms with Crippen LogP contribution in [0.5, 0.6) is 5.75 Å². The molecule has 0 aromatic heterocycles. The molecule has 0 saturated heterocycles. The number of fused-ring (bicyclic) bond motifs is 1. The molecule has 1 unspecified atom stereocenters. The summed E-state index contributed by atoms with van der Waals surface area (Å²) in [6.07, 6.45) is 2.65. The Bertz CT molecular complexity index is 950. The van der Waals surface area contributed by atoms with Crippen LogP contribution >= 0.6 is 0 Å². The molecule has 1 atom stereocenters. The van der Waals surface area contributed by atoms with Crippen LogP contribution in [0.3, 0.4) is 0 Å². The highest BCUT2D eigenvalue weighted by Gasteiger charge is 2.10. The quantitative estimate of drug-likeness (QED) is 0.482. The summed E-state index contributed by atoms with van der Waals surface area (Å²) < 4.78 is 5.70. The van der Waals surface area contributed by atoms with E-state index in [2.05, 4.69) is 30.4 Å². The third kappa shape index (κ3) is 4.94. The van der Waals surface area contributed by atoms with Gasteiger partial charge in [-0.15, -0.1) is 0 Å². The molecule has 0 bridgehead atoms. The molecule has 3 rings (SSSR count). The topological polar surface area (TPSA) is 50.7 Å². The maximum absolute atomic E-state index is 12.0. The van der Waals surface area contributed by atoms with Crippen LogP contribution in [0.4, 0.5) is 0 Å². The molecule has 0 spiro atoms. The molecular weight excluding hydrogens is 336 g/mol. The first-order valence-electron chi connectivity index (χ1n) is 9.20. The molecule has 3 aromatic rings. The van der Waals surface area contributed by atoms with Gasteiger partial charge in [0.05, 0.1) is 6.21 Å². The molecule has 1 N–H and O–H groups in total. The SMILES string of the molecule is CCC(C)c1ccccc1OCC(=O)NN=Cc1ccc2ccccc2c1. The van der Waals surface area contributed by atoms with E-state index in [-0.39, 0.29) is 12.5 Å². The van der Waals surface area contributed by atoms with Crippen molar-refractivity contribution in [1.29, 1.82) is 0 Å². The van der Waals surface area contributed by atoms with E-state index in [4.69, 9.17) is 4.74 Å². The van der Waals surface area contributed by atoms with Crippen molar-refractivity contribution >= 4 is 22.9 Å². The minimum absolute atomic E-state index is 0.0670. The summed E-state index contributed by atoms with van der Waals surface area (Å²) in [4.78, 5) is 12.0. The van der Waals surface area contributed by atoms with Crippen LogP contribution in [-0.4, -0.2) is 18.7 Å². The number of nitrogens with zero attached hydrogens (tertiary/aromatic N) is 1. The van der Waals surface area contributed by atoms with Crippen molar-refractivity contribution in [3.05, 3.63) is 77.9 Å². The monoisotopic (exact) mass is 360 g/mol. The van der Waals surface area contributed by atoms with Crippen LogP contribution in [-0.2, 0) is 4.79 Å². The number of hydrogen-bond acceptors (Lipinski definition) is 3. The summed E-state index contributed by atoms with van der Waals surface area (Å²) in [6.45, 7) is 4.22. The minimum atomic E-state index is -0.286. The summed E-state index contributed by atoms with van der Waals surface area (Å²) >= 11 is 0. The van der Waals surface area contributed by atoms with Crippen LogP contribution in [0.15, 0.2) is 71.8 Å². The molecule has 0 aliphatic carbocycles. The summed E-state index contributed by atoms with van der Waals surface area (Å²) in [5.74, 6) is 0.849. The van der Waals surface area contributed by atoms with Gasteiger partial charge in [0.15, 0.2) is 6.61 Å². The fourth-order valence-electron chi connectivity index (χ4n) is 2.88. The van der Waals surface area contributed by atoms with E-state index < -0.39 is 0 Å². The van der Waals surface area contributed by atoms with Gasteiger partial charge in [0.25, 0.3) is 5.91 Å². The van der Waals surface area contributed by atoms with Gasteiger partial charge in [-0.05, 0) is 46.4 Å². The fraction of sp³-hybridized carbons (Fsp3) is 0.217. The van der Waals surface area contributed by atoms with Gasteiger partial charge < -0.3 is 4.74 Å². The molecule has 4 heteroatoms. The zero-order valence-electron chi connectivity index (χ0n) is 15.7. The number of para-hydroxylation sites is 1. The van der Waals surface area contributed by atoms with Crippen molar-refractivity contribution in [2.75, 3.05) is 6.61 Å². The molecule has 27 heavy (non-hydrogen) atoms. The highest BCUT2D eigenvalue weighted by molar-refractivity contribution is 5.90. The molecule has 0 fully saturated rings. The maximum atomic E-state index is 12.0. The average Bonchev–Trinajstić information content (AvgIpc) is 2.72. The van der Waals surface area contributed by atoms with Gasteiger partial charge in [-0.3, -0.25) is 4.79 Å². The van der Waals surface area contributed by atoms with Gasteiger partial charge in [0.1, 0.15) is 5.75 Å². The van der Waals surface area contributed by atoms with Gasteiger partial charge in [-0.1, -0.05) is 68.4 Å². The summed E-state index contributed by atoms with van der Waals surface area (Å²) in [6, 6.07) is 22.0. The van der Waals surface area contributed by atoms with Gasteiger partial charge in [0.2, 0.25) is 0 Å². The zero-order chi connectivity index (χ0) is 19.1. The van der Waals surface area contributed by atoms with Crippen molar-refractivity contribution in [1.82, 2.24) is 5.43 Å². The summed E-state index contributed by atoms with van der Waals surface area (Å²) in [7, 11) is 0. The normalized spacial score (nSPS) is 12.2. The van der Waals surface area contributed by atoms with Gasteiger partial charge >= 0.3 is 0 Å². The number of hydrazone groups is 1. The summed E-state index contributed by atoms with van der Waals surface area (Å²) in [5.41, 5.74) is 4.56. The highest BCUT2D eigenvalue weighted by Crippen LogP contribution is 2.28. The van der Waals surface area contributed by atoms with Crippen LogP contribution < -0.4 is 10.2 Å². The predicted octanol–water partition coefficient (Wildman–Crippen LogP) is 4.88. The van der Waals surface area contributed by atoms with E-state index in [0.717, 1.165) is 28.7 Å². The molecule has 1 amide bonds. The highest BCUT2D eigenvalue weighted by atomic mass is 16.5. The van der Waals surface area contributed by atoms with E-state index >= 15 is 0 Å². The van der Waals surface area contributed by atoms with E-state index in [1.54, 1.807) is 6.21 Å². The first kappa shape index (κ1) is 18.6. The zero-order valence-corrected chi connectivity index (χ0v) is 15.7. The Balaban J connectivity index is 1.56. The lowest BCUT2D eigenvalue weighted by molar-refractivity contribution is -0.123. The molecule has 138 valence electrons. The van der Waals surface area contributed by atoms with Crippen molar-refractivity contribution in [3.63, 3.8) is 0 Å². The number of carbonyl (C=O) groups is 1. The first-order chi connectivity index (χ1) is 13.2. The van der Waals surface area contributed by atoms with Crippen molar-refractivity contribution in [2.24, 2.45) is 5.10 Å². The smallest absolute Gasteiger partial charge is 0.277 e. The molecule has 0 radical (unpaired) electrons. The number of nitrogens with one attached hydrogen (secondary N) is 1. The summed E-state index contributed by atoms with van der Waals surface area (Å²) in [5, 5.41) is 6.34. The van der Waals surface area contributed by atoms with Crippen molar-refractivity contribution < 1.29 is 9.53 Å². The molecule has 0 aliphatic heterocycles. The van der Waals surface area contributed by atoms with E-state index in [0.29, 0.717) is 5.92 Å². The second-order valence-corrected chi connectivity index (χ2v) is 6.54. The van der Waals surface area contributed by atoms with Crippen molar-refractivity contribution in [2.45, 2.75) is 26.2 Å². The number of benzene rings is 3. The second kappa shape index (κ2) is 8.99. The van der Waals surface area contributed by atoms with Crippen LogP contribution in [0.2, 0.25) is 0 Å². The Morgan fingerprint density at radius 3 is 2.63 bits per heavy atom. The number of hydrogen-bond donors (Lipinski definition) is 1. The molecular formula is C23H24N2O2. The Morgan fingerprint density at radius 2 is 1.81 bits per heavy atom. The number of amides is 1. The third-order valence-electron chi connectivity index (χ3n) is 4.60. The Labute approximate surface area is 159 Å². The van der Waals surface area contributed by atoms with Crippen LogP contribution in [0.1, 0.15) is 37.3 Å². The second-order valence-electron chi connectivity index (χ2n) is 6.54. The minimum Gasteiger partial charge on any atom is -0.483 e. The lowest BCUT2D eigenvalue weighted by atomic mass is 9.98.